The van der Waals surface area contributed by atoms with E-state index >= 15 is 0 Å². The number of rotatable bonds is 5. The molecular weight excluding hydrogens is 458 g/mol. The van der Waals surface area contributed by atoms with Crippen LogP contribution in [0.3, 0.4) is 0 Å². The molecule has 5 rings (SSSR count). The molecule has 0 spiro atoms. The first-order valence-electron chi connectivity index (χ1n) is 12.2. The zero-order chi connectivity index (χ0) is 23.0. The van der Waals surface area contributed by atoms with E-state index < -0.39 is 16.1 Å². The average Bonchev–Trinajstić information content (AvgIpc) is 3.35. The number of amides is 1. The number of likely N-dealkylation sites (tertiary alicyclic amines) is 2. The largest absolute Gasteiger partial charge is 0.338 e. The molecule has 178 valence electrons. The second kappa shape index (κ2) is 9.53. The van der Waals surface area contributed by atoms with Crippen molar-refractivity contribution in [3.05, 3.63) is 41.4 Å². The van der Waals surface area contributed by atoms with E-state index in [0.29, 0.717) is 11.4 Å². The van der Waals surface area contributed by atoms with Gasteiger partial charge in [0.15, 0.2) is 0 Å². The van der Waals surface area contributed by atoms with Gasteiger partial charge in [0.05, 0.1) is 4.90 Å². The van der Waals surface area contributed by atoms with Crippen LogP contribution in [0.1, 0.15) is 51.4 Å². The minimum atomic E-state index is -3.81. The van der Waals surface area contributed by atoms with Crippen molar-refractivity contribution in [2.75, 3.05) is 19.6 Å². The lowest BCUT2D eigenvalue weighted by Crippen LogP contribution is -2.57. The monoisotopic (exact) mass is 489 g/mol. The van der Waals surface area contributed by atoms with Crippen LogP contribution < -0.4 is 4.72 Å². The van der Waals surface area contributed by atoms with Crippen molar-refractivity contribution in [2.45, 2.75) is 74.4 Å². The van der Waals surface area contributed by atoms with Gasteiger partial charge >= 0.3 is 0 Å². The number of hydrogen-bond acceptors (Lipinski definition) is 4. The molecule has 2 aliphatic heterocycles. The fraction of sp³-hybridized carbons (Fsp3) is 0.560. The lowest BCUT2D eigenvalue weighted by Gasteiger charge is -2.43. The van der Waals surface area contributed by atoms with E-state index in [1.807, 2.05) is 11.0 Å². The first kappa shape index (κ1) is 23.1. The van der Waals surface area contributed by atoms with E-state index in [4.69, 9.17) is 11.6 Å². The molecule has 1 amide bonds. The lowest BCUT2D eigenvalue weighted by atomic mass is 9.96. The van der Waals surface area contributed by atoms with Gasteiger partial charge in [-0.05, 0) is 73.6 Å². The molecule has 1 saturated carbocycles. The number of sulfonamides is 1. The molecule has 0 radical (unpaired) electrons. The second-order valence-corrected chi connectivity index (χ2v) is 11.9. The minimum absolute atomic E-state index is 0.0725. The predicted molar refractivity (Wildman–Crippen MR) is 131 cm³/mol. The Bertz CT molecular complexity index is 1120. The smallest absolute Gasteiger partial charge is 0.241 e. The molecule has 6 nitrogen and oxygen atoms in total. The number of carbonyl (C=O) groups is 1. The third-order valence-electron chi connectivity index (χ3n) is 7.64. The van der Waals surface area contributed by atoms with Crippen LogP contribution in [0, 0.1) is 0 Å². The quantitative estimate of drug-likeness (QED) is 0.684. The molecule has 0 aromatic heterocycles. The summed E-state index contributed by atoms with van der Waals surface area (Å²) in [6.07, 6.45) is 8.60. The maximum Gasteiger partial charge on any atom is 0.241 e. The van der Waals surface area contributed by atoms with Gasteiger partial charge in [0, 0.05) is 36.7 Å². The van der Waals surface area contributed by atoms with Crippen LogP contribution in [0.15, 0.2) is 41.3 Å². The van der Waals surface area contributed by atoms with E-state index in [1.165, 1.54) is 25.7 Å². The zero-order valence-corrected chi connectivity index (χ0v) is 20.5. The van der Waals surface area contributed by atoms with Gasteiger partial charge in [0.25, 0.3) is 0 Å². The Morgan fingerprint density at radius 1 is 0.818 bits per heavy atom. The molecule has 33 heavy (non-hydrogen) atoms. The van der Waals surface area contributed by atoms with Crippen LogP contribution in [0.4, 0.5) is 0 Å². The van der Waals surface area contributed by atoms with Gasteiger partial charge in [-0.25, -0.2) is 8.42 Å². The van der Waals surface area contributed by atoms with Crippen molar-refractivity contribution in [3.8, 4) is 0 Å². The fourth-order valence-corrected chi connectivity index (χ4v) is 7.26. The highest BCUT2D eigenvalue weighted by atomic mass is 35.5. The number of hydrogen-bond donors (Lipinski definition) is 1. The SMILES string of the molecule is O=C1[C@@H](NS(=O)(=O)c2ccc3cc(Cl)ccc3c2)CCCN1C1CCN(C2CCCC2)CC1. The summed E-state index contributed by atoms with van der Waals surface area (Å²) in [6, 6.07) is 10.6. The summed E-state index contributed by atoms with van der Waals surface area (Å²) in [5, 5.41) is 2.29. The number of fused-ring (bicyclic) bond motifs is 1. The van der Waals surface area contributed by atoms with Gasteiger partial charge in [0.1, 0.15) is 6.04 Å². The van der Waals surface area contributed by atoms with E-state index in [0.717, 1.165) is 55.7 Å². The number of piperidine rings is 2. The van der Waals surface area contributed by atoms with Gasteiger partial charge in [-0.1, -0.05) is 36.6 Å². The lowest BCUT2D eigenvalue weighted by molar-refractivity contribution is -0.139. The van der Waals surface area contributed by atoms with Crippen molar-refractivity contribution >= 4 is 38.3 Å². The molecule has 1 N–H and O–H groups in total. The predicted octanol–water partition coefficient (Wildman–Crippen LogP) is 4.17. The second-order valence-electron chi connectivity index (χ2n) is 9.71. The summed E-state index contributed by atoms with van der Waals surface area (Å²) in [5.41, 5.74) is 0. The summed E-state index contributed by atoms with van der Waals surface area (Å²) >= 11 is 6.04. The molecule has 0 bridgehead atoms. The maximum absolute atomic E-state index is 13.3. The molecule has 8 heteroatoms. The Morgan fingerprint density at radius 3 is 2.27 bits per heavy atom. The highest BCUT2D eigenvalue weighted by Gasteiger charge is 2.37. The molecule has 3 fully saturated rings. The molecule has 1 atom stereocenters. The number of carbonyl (C=O) groups excluding carboxylic acids is 1. The highest BCUT2D eigenvalue weighted by Crippen LogP contribution is 2.29. The van der Waals surface area contributed by atoms with Crippen molar-refractivity contribution in [1.82, 2.24) is 14.5 Å². The fourth-order valence-electron chi connectivity index (χ4n) is 5.82. The molecule has 3 aliphatic rings. The van der Waals surface area contributed by atoms with Gasteiger partial charge in [-0.15, -0.1) is 0 Å². The standard InChI is InChI=1S/C25H32ClN3O3S/c26-20-9-7-19-17-23(10-8-18(19)16-20)33(31,32)27-24-6-3-13-29(25(24)30)22-11-14-28(15-12-22)21-4-1-2-5-21/h7-10,16-17,21-22,24,27H,1-6,11-15H2/t24-/m0/s1. The zero-order valence-electron chi connectivity index (χ0n) is 18.9. The Kier molecular flexibility index (Phi) is 6.67. The molecule has 2 heterocycles. The molecule has 2 aromatic carbocycles. The van der Waals surface area contributed by atoms with Crippen molar-refractivity contribution in [1.29, 1.82) is 0 Å². The summed E-state index contributed by atoms with van der Waals surface area (Å²) in [6.45, 7) is 2.80. The number of benzene rings is 2. The third kappa shape index (κ3) is 4.92. The van der Waals surface area contributed by atoms with Crippen LogP contribution in [0.2, 0.25) is 5.02 Å². The molecule has 0 unspecified atom stereocenters. The van der Waals surface area contributed by atoms with E-state index in [2.05, 4.69) is 9.62 Å². The molecule has 2 saturated heterocycles. The molecule has 1 aliphatic carbocycles. The van der Waals surface area contributed by atoms with Crippen LogP contribution in [0.5, 0.6) is 0 Å². The van der Waals surface area contributed by atoms with E-state index in [1.54, 1.807) is 30.3 Å². The van der Waals surface area contributed by atoms with Crippen LogP contribution in [0.25, 0.3) is 10.8 Å². The maximum atomic E-state index is 13.3. The van der Waals surface area contributed by atoms with Crippen molar-refractivity contribution in [2.24, 2.45) is 0 Å². The van der Waals surface area contributed by atoms with E-state index in [-0.39, 0.29) is 16.8 Å². The van der Waals surface area contributed by atoms with Crippen LogP contribution in [-0.2, 0) is 14.8 Å². The van der Waals surface area contributed by atoms with Gasteiger partial charge < -0.3 is 9.80 Å². The molecular formula is C25H32ClN3O3S. The summed E-state index contributed by atoms with van der Waals surface area (Å²) in [4.78, 5) is 18.0. The van der Waals surface area contributed by atoms with Crippen molar-refractivity contribution in [3.63, 3.8) is 0 Å². The van der Waals surface area contributed by atoms with Crippen molar-refractivity contribution < 1.29 is 13.2 Å². The molecule has 2 aromatic rings. The number of nitrogens with zero attached hydrogens (tertiary/aromatic N) is 2. The topological polar surface area (TPSA) is 69.7 Å². The van der Waals surface area contributed by atoms with Gasteiger partial charge in [-0.3, -0.25) is 4.79 Å². The normalized spacial score (nSPS) is 24.1. The Hall–Kier alpha value is -1.67. The summed E-state index contributed by atoms with van der Waals surface area (Å²) < 4.78 is 28.9. The van der Waals surface area contributed by atoms with Crippen LogP contribution in [-0.4, -0.2) is 61.9 Å². The Labute approximate surface area is 201 Å². The number of nitrogens with one attached hydrogen (secondary N) is 1. The Morgan fingerprint density at radius 2 is 1.52 bits per heavy atom. The minimum Gasteiger partial charge on any atom is -0.338 e. The first-order valence-corrected chi connectivity index (χ1v) is 14.0. The highest BCUT2D eigenvalue weighted by molar-refractivity contribution is 7.89. The average molecular weight is 490 g/mol. The third-order valence-corrected chi connectivity index (χ3v) is 9.34. The summed E-state index contributed by atoms with van der Waals surface area (Å²) in [5.74, 6) is -0.0725. The van der Waals surface area contributed by atoms with Gasteiger partial charge in [-0.2, -0.15) is 4.72 Å². The van der Waals surface area contributed by atoms with Crippen LogP contribution >= 0.6 is 11.6 Å². The number of halogens is 1. The van der Waals surface area contributed by atoms with E-state index in [9.17, 15) is 13.2 Å². The van der Waals surface area contributed by atoms with Gasteiger partial charge in [0.2, 0.25) is 15.9 Å². The Balaban J connectivity index is 1.25. The first-order chi connectivity index (χ1) is 15.9. The summed E-state index contributed by atoms with van der Waals surface area (Å²) in [7, 11) is -3.81.